The highest BCUT2D eigenvalue weighted by Crippen LogP contribution is 2.04. The summed E-state index contributed by atoms with van der Waals surface area (Å²) in [4.78, 5) is 0. The molecule has 1 nitrogen and oxygen atoms in total. The lowest BCUT2D eigenvalue weighted by Gasteiger charge is -1.97. The maximum absolute atomic E-state index is 10.2. The zero-order valence-corrected chi connectivity index (χ0v) is 5.82. The summed E-state index contributed by atoms with van der Waals surface area (Å²) in [7, 11) is 0. The SMILES string of the molecule is CC/C(C)=C(\C)C[O]. The second kappa shape index (κ2) is 3.67. The highest BCUT2D eigenvalue weighted by Gasteiger charge is 1.90. The van der Waals surface area contributed by atoms with Crippen LogP contribution >= 0.6 is 0 Å². The minimum absolute atomic E-state index is 0.0420. The van der Waals surface area contributed by atoms with E-state index in [1.807, 2.05) is 13.8 Å². The second-order valence-corrected chi connectivity index (χ2v) is 2.06. The molecule has 0 aliphatic carbocycles. The lowest BCUT2D eigenvalue weighted by atomic mass is 10.1. The summed E-state index contributed by atoms with van der Waals surface area (Å²) in [6.45, 7) is 5.92. The van der Waals surface area contributed by atoms with E-state index in [1.54, 1.807) is 0 Å². The number of rotatable bonds is 2. The molecule has 0 spiro atoms. The van der Waals surface area contributed by atoms with Gasteiger partial charge in [-0.15, -0.1) is 0 Å². The van der Waals surface area contributed by atoms with Gasteiger partial charge in [-0.25, -0.2) is 5.11 Å². The molecule has 0 atom stereocenters. The van der Waals surface area contributed by atoms with E-state index in [4.69, 9.17) is 0 Å². The summed E-state index contributed by atoms with van der Waals surface area (Å²) in [5.74, 6) is 0. The van der Waals surface area contributed by atoms with Crippen molar-refractivity contribution < 1.29 is 5.11 Å². The first-order valence-corrected chi connectivity index (χ1v) is 2.95. The van der Waals surface area contributed by atoms with Gasteiger partial charge in [0.1, 0.15) is 6.61 Å². The van der Waals surface area contributed by atoms with Gasteiger partial charge < -0.3 is 0 Å². The Morgan fingerprint density at radius 3 is 1.88 bits per heavy atom. The summed E-state index contributed by atoms with van der Waals surface area (Å²) in [6.07, 6.45) is 1.01. The Kier molecular flexibility index (Phi) is 3.53. The van der Waals surface area contributed by atoms with Crippen molar-refractivity contribution >= 4 is 0 Å². The smallest absolute Gasteiger partial charge is 0.103 e. The van der Waals surface area contributed by atoms with Crippen molar-refractivity contribution in [2.45, 2.75) is 27.2 Å². The largest absolute Gasteiger partial charge is 0.232 e. The Balaban J connectivity index is 3.83. The average Bonchev–Trinajstić information content (AvgIpc) is 1.84. The summed E-state index contributed by atoms with van der Waals surface area (Å²) in [6, 6.07) is 0. The van der Waals surface area contributed by atoms with Crippen LogP contribution in [0.2, 0.25) is 0 Å². The van der Waals surface area contributed by atoms with Crippen LogP contribution in [0.25, 0.3) is 0 Å². The molecule has 0 N–H and O–H groups in total. The van der Waals surface area contributed by atoms with Crippen molar-refractivity contribution in [2.24, 2.45) is 0 Å². The molecule has 0 rings (SSSR count). The van der Waals surface area contributed by atoms with E-state index in [9.17, 15) is 5.11 Å². The number of allylic oxidation sites excluding steroid dienone is 1. The molecule has 0 amide bonds. The fourth-order valence-electron chi connectivity index (χ4n) is 0.425. The van der Waals surface area contributed by atoms with Gasteiger partial charge in [0.2, 0.25) is 0 Å². The lowest BCUT2D eigenvalue weighted by molar-refractivity contribution is 0.222. The molecule has 47 valence electrons. The molecule has 1 radical (unpaired) electrons. The zero-order chi connectivity index (χ0) is 6.57. The van der Waals surface area contributed by atoms with Crippen molar-refractivity contribution in [3.8, 4) is 0 Å². The van der Waals surface area contributed by atoms with E-state index in [0.29, 0.717) is 0 Å². The van der Waals surface area contributed by atoms with Crippen LogP contribution in [0.15, 0.2) is 11.1 Å². The van der Waals surface area contributed by atoms with E-state index in [2.05, 4.69) is 6.92 Å². The number of hydrogen-bond acceptors (Lipinski definition) is 0. The maximum atomic E-state index is 10.2. The Labute approximate surface area is 51.0 Å². The predicted octanol–water partition coefficient (Wildman–Crippen LogP) is 2.16. The third-order valence-corrected chi connectivity index (χ3v) is 1.48. The Morgan fingerprint density at radius 2 is 1.75 bits per heavy atom. The standard InChI is InChI=1S/C7H13O/c1-4-6(2)7(3)5-8/h4-5H2,1-3H3/b7-6+. The molecule has 0 aliphatic heterocycles. The molecule has 0 heterocycles. The first-order valence-electron chi connectivity index (χ1n) is 2.95. The van der Waals surface area contributed by atoms with Crippen LogP contribution in [0.5, 0.6) is 0 Å². The van der Waals surface area contributed by atoms with Crippen LogP contribution in [-0.4, -0.2) is 6.61 Å². The molecule has 0 aromatic rings. The molecular formula is C7H13O. The van der Waals surface area contributed by atoms with Gasteiger partial charge in [-0.3, -0.25) is 0 Å². The quantitative estimate of drug-likeness (QED) is 0.489. The predicted molar refractivity (Wildman–Crippen MR) is 34.2 cm³/mol. The summed E-state index contributed by atoms with van der Waals surface area (Å²) < 4.78 is 0. The van der Waals surface area contributed by atoms with Crippen molar-refractivity contribution in [3.63, 3.8) is 0 Å². The third-order valence-electron chi connectivity index (χ3n) is 1.48. The molecule has 8 heavy (non-hydrogen) atoms. The number of hydrogen-bond donors (Lipinski definition) is 0. The van der Waals surface area contributed by atoms with E-state index in [0.717, 1.165) is 12.0 Å². The minimum Gasteiger partial charge on any atom is -0.232 e. The van der Waals surface area contributed by atoms with E-state index >= 15 is 0 Å². The fraction of sp³-hybridized carbons (Fsp3) is 0.714. The van der Waals surface area contributed by atoms with Gasteiger partial charge in [0.25, 0.3) is 0 Å². The van der Waals surface area contributed by atoms with Gasteiger partial charge in [-0.2, -0.15) is 0 Å². The van der Waals surface area contributed by atoms with Crippen molar-refractivity contribution in [3.05, 3.63) is 11.1 Å². The highest BCUT2D eigenvalue weighted by molar-refractivity contribution is 5.08. The van der Waals surface area contributed by atoms with Gasteiger partial charge in [-0.05, 0) is 25.8 Å². The molecule has 0 fully saturated rings. The van der Waals surface area contributed by atoms with Crippen LogP contribution < -0.4 is 0 Å². The van der Waals surface area contributed by atoms with E-state index in [-0.39, 0.29) is 6.61 Å². The van der Waals surface area contributed by atoms with Crippen molar-refractivity contribution in [1.82, 2.24) is 0 Å². The lowest BCUT2D eigenvalue weighted by Crippen LogP contribution is -1.86. The zero-order valence-electron chi connectivity index (χ0n) is 5.82. The van der Waals surface area contributed by atoms with Gasteiger partial charge in [0.05, 0.1) is 0 Å². The fourth-order valence-corrected chi connectivity index (χ4v) is 0.425. The van der Waals surface area contributed by atoms with Crippen LogP contribution in [0, 0.1) is 0 Å². The molecular weight excluding hydrogens is 100 g/mol. The highest BCUT2D eigenvalue weighted by atomic mass is 16.3. The monoisotopic (exact) mass is 113 g/mol. The van der Waals surface area contributed by atoms with Crippen molar-refractivity contribution in [1.29, 1.82) is 0 Å². The van der Waals surface area contributed by atoms with Crippen LogP contribution in [0.1, 0.15) is 27.2 Å². The van der Waals surface area contributed by atoms with Gasteiger partial charge in [-0.1, -0.05) is 12.5 Å². The second-order valence-electron chi connectivity index (χ2n) is 2.06. The molecule has 0 saturated carbocycles. The van der Waals surface area contributed by atoms with Crippen LogP contribution in [0.3, 0.4) is 0 Å². The molecule has 0 aromatic carbocycles. The summed E-state index contributed by atoms with van der Waals surface area (Å²) in [5, 5.41) is 10.2. The van der Waals surface area contributed by atoms with Gasteiger partial charge in [0, 0.05) is 0 Å². The molecule has 0 unspecified atom stereocenters. The van der Waals surface area contributed by atoms with Gasteiger partial charge >= 0.3 is 0 Å². The molecule has 0 aromatic heterocycles. The summed E-state index contributed by atoms with van der Waals surface area (Å²) >= 11 is 0. The molecule has 0 saturated heterocycles. The van der Waals surface area contributed by atoms with Crippen LogP contribution in [-0.2, 0) is 5.11 Å². The molecule has 1 heteroatoms. The Morgan fingerprint density at radius 1 is 1.25 bits per heavy atom. The minimum atomic E-state index is -0.0420. The Hall–Kier alpha value is -0.300. The van der Waals surface area contributed by atoms with Gasteiger partial charge in [0.15, 0.2) is 0 Å². The third kappa shape index (κ3) is 2.12. The first kappa shape index (κ1) is 7.70. The van der Waals surface area contributed by atoms with E-state index in [1.165, 1.54) is 5.57 Å². The van der Waals surface area contributed by atoms with E-state index < -0.39 is 0 Å². The average molecular weight is 113 g/mol. The topological polar surface area (TPSA) is 19.9 Å². The van der Waals surface area contributed by atoms with Crippen LogP contribution in [0.4, 0.5) is 0 Å². The molecule has 0 bridgehead atoms. The Bertz CT molecular complexity index is 80.6. The summed E-state index contributed by atoms with van der Waals surface area (Å²) in [5.41, 5.74) is 2.23. The normalized spacial score (nSPS) is 13.5. The first-order chi connectivity index (χ1) is 3.72. The maximum Gasteiger partial charge on any atom is 0.103 e. The molecule has 0 aliphatic rings. The van der Waals surface area contributed by atoms with Crippen molar-refractivity contribution in [2.75, 3.05) is 6.61 Å².